The first-order chi connectivity index (χ1) is 10.9. The van der Waals surface area contributed by atoms with Gasteiger partial charge in [-0.25, -0.2) is 8.42 Å². The van der Waals surface area contributed by atoms with Gasteiger partial charge in [-0.2, -0.15) is 0 Å². The van der Waals surface area contributed by atoms with Crippen molar-refractivity contribution in [2.24, 2.45) is 5.73 Å². The van der Waals surface area contributed by atoms with Gasteiger partial charge in [0.1, 0.15) is 0 Å². The second kappa shape index (κ2) is 5.74. The second-order valence-corrected chi connectivity index (χ2v) is 8.28. The van der Waals surface area contributed by atoms with Gasteiger partial charge in [0.05, 0.1) is 22.3 Å². The fourth-order valence-electron chi connectivity index (χ4n) is 3.33. The Morgan fingerprint density at radius 1 is 1.09 bits per heavy atom. The number of ether oxygens (including phenoxy) is 1. The zero-order valence-corrected chi connectivity index (χ0v) is 14.1. The van der Waals surface area contributed by atoms with Crippen LogP contribution in [0.4, 0.5) is 0 Å². The first-order valence-electron chi connectivity index (χ1n) is 7.54. The molecular formula is C18H21NO3S. The molecular weight excluding hydrogens is 310 g/mol. The van der Waals surface area contributed by atoms with E-state index in [1.807, 2.05) is 37.3 Å². The lowest BCUT2D eigenvalue weighted by molar-refractivity contribution is 0.171. The monoisotopic (exact) mass is 331 g/mol. The third-order valence-corrected chi connectivity index (χ3v) is 6.85. The lowest BCUT2D eigenvalue weighted by atomic mass is 10.1. The summed E-state index contributed by atoms with van der Waals surface area (Å²) in [5.41, 5.74) is 7.50. The van der Waals surface area contributed by atoms with Crippen molar-refractivity contribution in [1.29, 1.82) is 0 Å². The van der Waals surface area contributed by atoms with Crippen molar-refractivity contribution in [3.05, 3.63) is 65.7 Å². The molecule has 1 saturated carbocycles. The van der Waals surface area contributed by atoms with Crippen molar-refractivity contribution < 1.29 is 13.2 Å². The molecule has 122 valence electrons. The fraction of sp³-hybridized carbons (Fsp3) is 0.333. The Hall–Kier alpha value is -1.69. The van der Waals surface area contributed by atoms with Gasteiger partial charge in [-0.3, -0.25) is 0 Å². The second-order valence-electron chi connectivity index (χ2n) is 6.21. The normalized spacial score (nSPS) is 26.9. The molecule has 2 aromatic rings. The maximum atomic E-state index is 13.0. The van der Waals surface area contributed by atoms with E-state index in [0.717, 1.165) is 11.1 Å². The Kier molecular flexibility index (Phi) is 4.04. The van der Waals surface area contributed by atoms with Crippen LogP contribution < -0.4 is 5.73 Å². The summed E-state index contributed by atoms with van der Waals surface area (Å²) in [4.78, 5) is 0.317. The lowest BCUT2D eigenvalue weighted by Crippen LogP contribution is -2.35. The molecule has 0 spiro atoms. The van der Waals surface area contributed by atoms with E-state index in [1.165, 1.54) is 0 Å². The summed E-state index contributed by atoms with van der Waals surface area (Å²) in [5, 5.41) is -0.667. The zero-order valence-electron chi connectivity index (χ0n) is 13.3. The number of methoxy groups -OCH3 is 1. The summed E-state index contributed by atoms with van der Waals surface area (Å²) in [6.07, 6.45) is 0. The van der Waals surface area contributed by atoms with E-state index in [2.05, 4.69) is 0 Å². The molecule has 1 aliphatic carbocycles. The van der Waals surface area contributed by atoms with E-state index in [4.69, 9.17) is 10.5 Å². The highest BCUT2D eigenvalue weighted by Crippen LogP contribution is 2.55. The van der Waals surface area contributed by atoms with Crippen molar-refractivity contribution in [2.45, 2.75) is 28.5 Å². The van der Waals surface area contributed by atoms with Crippen LogP contribution in [0.2, 0.25) is 0 Å². The Labute approximate surface area is 137 Å². The predicted molar refractivity (Wildman–Crippen MR) is 90.1 cm³/mol. The molecule has 0 heterocycles. The van der Waals surface area contributed by atoms with Crippen LogP contribution in [0.3, 0.4) is 0 Å². The van der Waals surface area contributed by atoms with E-state index in [-0.39, 0.29) is 12.5 Å². The van der Waals surface area contributed by atoms with Crippen LogP contribution in [0.25, 0.3) is 0 Å². The molecule has 0 saturated heterocycles. The summed E-state index contributed by atoms with van der Waals surface area (Å²) in [6.45, 7) is 2.14. The summed E-state index contributed by atoms with van der Waals surface area (Å²) >= 11 is 0. The number of hydrogen-bond donors (Lipinski definition) is 1. The van der Waals surface area contributed by atoms with Gasteiger partial charge in [0.15, 0.2) is 9.84 Å². The molecule has 1 fully saturated rings. The van der Waals surface area contributed by atoms with Gasteiger partial charge in [0, 0.05) is 13.0 Å². The number of aryl methyl sites for hydroxylation is 1. The Bertz CT molecular complexity index is 787. The number of benzene rings is 2. The third-order valence-electron chi connectivity index (χ3n) is 4.54. The van der Waals surface area contributed by atoms with Crippen LogP contribution in [0.1, 0.15) is 17.0 Å². The molecule has 2 aromatic carbocycles. The molecule has 0 radical (unpaired) electrons. The van der Waals surface area contributed by atoms with Gasteiger partial charge < -0.3 is 10.5 Å². The lowest BCUT2D eigenvalue weighted by Gasteiger charge is -2.11. The van der Waals surface area contributed by atoms with Crippen LogP contribution in [0, 0.1) is 6.92 Å². The van der Waals surface area contributed by atoms with Crippen molar-refractivity contribution in [3.63, 3.8) is 0 Å². The average molecular weight is 331 g/mol. The van der Waals surface area contributed by atoms with Crippen molar-refractivity contribution >= 4 is 9.84 Å². The van der Waals surface area contributed by atoms with E-state index in [0.29, 0.717) is 4.90 Å². The van der Waals surface area contributed by atoms with Crippen LogP contribution in [0.15, 0.2) is 59.5 Å². The maximum absolute atomic E-state index is 13.0. The summed E-state index contributed by atoms with van der Waals surface area (Å²) in [5.74, 6) is -0.255. The molecule has 4 nitrogen and oxygen atoms in total. The average Bonchev–Trinajstić information content (AvgIpc) is 3.15. The minimum atomic E-state index is -3.51. The van der Waals surface area contributed by atoms with Crippen LogP contribution in [0.5, 0.6) is 0 Å². The number of hydrogen-bond acceptors (Lipinski definition) is 4. The molecule has 3 atom stereocenters. The molecule has 0 aromatic heterocycles. The summed E-state index contributed by atoms with van der Waals surface area (Å²) < 4.78 is 31.3. The van der Waals surface area contributed by atoms with Crippen molar-refractivity contribution in [2.75, 3.05) is 13.7 Å². The van der Waals surface area contributed by atoms with Gasteiger partial charge in [0.2, 0.25) is 0 Å². The number of sulfone groups is 1. The SMILES string of the molecule is COC[C@]1(N)[C@H](c2ccccc2)[C@H]1S(=O)(=O)c1ccc(C)cc1. The highest BCUT2D eigenvalue weighted by molar-refractivity contribution is 7.92. The largest absolute Gasteiger partial charge is 0.383 e. The first-order valence-corrected chi connectivity index (χ1v) is 9.09. The van der Waals surface area contributed by atoms with E-state index in [1.54, 1.807) is 31.4 Å². The zero-order chi connectivity index (χ0) is 16.7. The Morgan fingerprint density at radius 3 is 2.26 bits per heavy atom. The van der Waals surface area contributed by atoms with Crippen molar-refractivity contribution in [1.82, 2.24) is 0 Å². The smallest absolute Gasteiger partial charge is 0.183 e. The van der Waals surface area contributed by atoms with Crippen LogP contribution >= 0.6 is 0 Å². The number of rotatable bonds is 5. The van der Waals surface area contributed by atoms with E-state index in [9.17, 15) is 8.42 Å². The van der Waals surface area contributed by atoms with Gasteiger partial charge in [-0.05, 0) is 24.6 Å². The van der Waals surface area contributed by atoms with Crippen molar-refractivity contribution in [3.8, 4) is 0 Å². The minimum absolute atomic E-state index is 0.211. The minimum Gasteiger partial charge on any atom is -0.383 e. The highest BCUT2D eigenvalue weighted by Gasteiger charge is 2.69. The third kappa shape index (κ3) is 2.69. The molecule has 3 rings (SSSR count). The number of nitrogens with two attached hydrogens (primary N) is 1. The highest BCUT2D eigenvalue weighted by atomic mass is 32.2. The predicted octanol–water partition coefficient (Wildman–Crippen LogP) is 2.28. The molecule has 5 heteroatoms. The molecule has 1 aliphatic rings. The van der Waals surface area contributed by atoms with Gasteiger partial charge in [0.25, 0.3) is 0 Å². The molecule has 0 aliphatic heterocycles. The van der Waals surface area contributed by atoms with Gasteiger partial charge in [-0.15, -0.1) is 0 Å². The molecule has 0 bridgehead atoms. The first kappa shape index (κ1) is 16.2. The molecule has 23 heavy (non-hydrogen) atoms. The van der Waals surface area contributed by atoms with Crippen LogP contribution in [-0.4, -0.2) is 32.9 Å². The standard InChI is InChI=1S/C18H21NO3S/c1-13-8-10-15(11-9-13)23(20,21)17-16(18(17,19)12-22-2)14-6-4-3-5-7-14/h3-11,16-17H,12,19H2,1-2H3/t16-,17-,18+/m1/s1. The molecule has 0 unspecified atom stereocenters. The summed E-state index contributed by atoms with van der Waals surface area (Å²) in [6, 6.07) is 16.5. The topological polar surface area (TPSA) is 69.4 Å². The van der Waals surface area contributed by atoms with E-state index >= 15 is 0 Å². The Morgan fingerprint density at radius 2 is 1.70 bits per heavy atom. The van der Waals surface area contributed by atoms with Crippen LogP contribution in [-0.2, 0) is 14.6 Å². The van der Waals surface area contributed by atoms with Gasteiger partial charge >= 0.3 is 0 Å². The quantitative estimate of drug-likeness (QED) is 0.912. The molecule has 0 amide bonds. The Balaban J connectivity index is 2.01. The van der Waals surface area contributed by atoms with Gasteiger partial charge in [-0.1, -0.05) is 48.0 Å². The van der Waals surface area contributed by atoms with E-state index < -0.39 is 20.6 Å². The fourth-order valence-corrected chi connectivity index (χ4v) is 5.62. The molecule has 2 N–H and O–H groups in total. The maximum Gasteiger partial charge on any atom is 0.183 e. The summed E-state index contributed by atoms with van der Waals surface area (Å²) in [7, 11) is -1.97.